The van der Waals surface area contributed by atoms with E-state index in [0.717, 1.165) is 11.3 Å². The van der Waals surface area contributed by atoms with Crippen molar-refractivity contribution in [2.24, 2.45) is 5.73 Å². The van der Waals surface area contributed by atoms with E-state index in [1.165, 1.54) is 6.33 Å². The van der Waals surface area contributed by atoms with Crippen molar-refractivity contribution in [3.8, 4) is 5.75 Å². The van der Waals surface area contributed by atoms with Crippen molar-refractivity contribution in [3.63, 3.8) is 0 Å². The van der Waals surface area contributed by atoms with Gasteiger partial charge >= 0.3 is 0 Å². The van der Waals surface area contributed by atoms with Crippen LogP contribution in [-0.4, -0.2) is 16.6 Å². The molecule has 0 amide bonds. The number of hydrogen-bond donors (Lipinski definition) is 2. The second kappa shape index (κ2) is 6.29. The number of benzene rings is 1. The van der Waals surface area contributed by atoms with E-state index in [0.29, 0.717) is 24.5 Å². The molecule has 0 saturated carbocycles. The number of nitrogens with two attached hydrogens (primary N) is 1. The van der Waals surface area contributed by atoms with Crippen LogP contribution in [0, 0.1) is 12.7 Å². The molecule has 2 rings (SSSR count). The predicted molar refractivity (Wildman–Crippen MR) is 75.5 cm³/mol. The third kappa shape index (κ3) is 3.03. The number of nitrogens with zero attached hydrogens (tertiary/aromatic N) is 2. The Morgan fingerprint density at radius 3 is 2.85 bits per heavy atom. The van der Waals surface area contributed by atoms with Gasteiger partial charge in [0.15, 0.2) is 11.6 Å². The summed E-state index contributed by atoms with van der Waals surface area (Å²) in [6, 6.07) is 5.42. The quantitative estimate of drug-likeness (QED) is 0.878. The molecule has 0 aliphatic carbocycles. The molecule has 0 spiro atoms. The summed E-state index contributed by atoms with van der Waals surface area (Å²) >= 11 is 0. The molecule has 0 radical (unpaired) electrons. The average molecular weight is 276 g/mol. The largest absolute Gasteiger partial charge is 0.494 e. The van der Waals surface area contributed by atoms with Crippen LogP contribution in [0.2, 0.25) is 0 Å². The van der Waals surface area contributed by atoms with Crippen LogP contribution in [0.5, 0.6) is 5.75 Å². The van der Waals surface area contributed by atoms with Gasteiger partial charge in [0.05, 0.1) is 12.3 Å². The summed E-state index contributed by atoms with van der Waals surface area (Å²) < 4.78 is 19.3. The first-order chi connectivity index (χ1) is 9.65. The fourth-order valence-electron chi connectivity index (χ4n) is 1.79. The summed E-state index contributed by atoms with van der Waals surface area (Å²) in [7, 11) is 0. The van der Waals surface area contributed by atoms with Crippen LogP contribution in [0.4, 0.5) is 15.9 Å². The Labute approximate surface area is 117 Å². The lowest BCUT2D eigenvalue weighted by atomic mass is 10.1. The summed E-state index contributed by atoms with van der Waals surface area (Å²) in [5, 5.41) is 2.92. The number of rotatable bonds is 5. The molecule has 0 fully saturated rings. The first kappa shape index (κ1) is 14.2. The standard InChI is InChI=1S/C14H17FN4O/c1-3-20-12-5-4-11(6-10(12)7-16)19-14-13(15)9(2)17-8-18-14/h4-6,8H,3,7,16H2,1-2H3,(H,17,18,19). The minimum Gasteiger partial charge on any atom is -0.494 e. The normalized spacial score (nSPS) is 10.4. The Balaban J connectivity index is 2.27. The molecule has 0 aliphatic rings. The van der Waals surface area contributed by atoms with E-state index in [4.69, 9.17) is 10.5 Å². The maximum atomic E-state index is 13.8. The molecule has 0 unspecified atom stereocenters. The van der Waals surface area contributed by atoms with E-state index < -0.39 is 5.82 Å². The molecule has 1 aromatic heterocycles. The maximum absolute atomic E-state index is 13.8. The van der Waals surface area contributed by atoms with E-state index in [2.05, 4.69) is 15.3 Å². The average Bonchev–Trinajstić information content (AvgIpc) is 2.45. The van der Waals surface area contributed by atoms with Gasteiger partial charge in [0.1, 0.15) is 12.1 Å². The molecule has 3 N–H and O–H groups in total. The van der Waals surface area contributed by atoms with E-state index in [9.17, 15) is 4.39 Å². The molecule has 6 heteroatoms. The molecule has 106 valence electrons. The van der Waals surface area contributed by atoms with Gasteiger partial charge in [-0.25, -0.2) is 14.4 Å². The lowest BCUT2D eigenvalue weighted by molar-refractivity contribution is 0.336. The molecule has 1 heterocycles. The van der Waals surface area contributed by atoms with Crippen molar-refractivity contribution in [2.75, 3.05) is 11.9 Å². The highest BCUT2D eigenvalue weighted by atomic mass is 19.1. The number of ether oxygens (including phenoxy) is 1. The van der Waals surface area contributed by atoms with E-state index in [1.54, 1.807) is 19.1 Å². The molecular formula is C14H17FN4O. The van der Waals surface area contributed by atoms with Crippen LogP contribution in [0.15, 0.2) is 24.5 Å². The van der Waals surface area contributed by atoms with Gasteiger partial charge < -0.3 is 15.8 Å². The fraction of sp³-hybridized carbons (Fsp3) is 0.286. The van der Waals surface area contributed by atoms with Crippen molar-refractivity contribution in [2.45, 2.75) is 20.4 Å². The zero-order valence-corrected chi connectivity index (χ0v) is 11.5. The lowest BCUT2D eigenvalue weighted by Crippen LogP contribution is -2.04. The lowest BCUT2D eigenvalue weighted by Gasteiger charge is -2.12. The highest BCUT2D eigenvalue weighted by Gasteiger charge is 2.09. The van der Waals surface area contributed by atoms with Gasteiger partial charge in [-0.3, -0.25) is 0 Å². The van der Waals surface area contributed by atoms with Crippen LogP contribution < -0.4 is 15.8 Å². The predicted octanol–water partition coefficient (Wildman–Crippen LogP) is 2.53. The second-order valence-corrected chi connectivity index (χ2v) is 4.21. The van der Waals surface area contributed by atoms with Gasteiger partial charge in [0.25, 0.3) is 0 Å². The van der Waals surface area contributed by atoms with Crippen LogP contribution in [0.3, 0.4) is 0 Å². The first-order valence-corrected chi connectivity index (χ1v) is 6.35. The molecule has 2 aromatic rings. The second-order valence-electron chi connectivity index (χ2n) is 4.21. The Morgan fingerprint density at radius 2 is 2.15 bits per heavy atom. The van der Waals surface area contributed by atoms with Crippen LogP contribution in [0.1, 0.15) is 18.2 Å². The van der Waals surface area contributed by atoms with Gasteiger partial charge in [-0.1, -0.05) is 0 Å². The third-order valence-corrected chi connectivity index (χ3v) is 2.81. The van der Waals surface area contributed by atoms with Crippen molar-refractivity contribution < 1.29 is 9.13 Å². The Hall–Kier alpha value is -2.21. The summed E-state index contributed by atoms with van der Waals surface area (Å²) in [4.78, 5) is 7.68. The zero-order valence-electron chi connectivity index (χ0n) is 11.5. The molecular weight excluding hydrogens is 259 g/mol. The van der Waals surface area contributed by atoms with Gasteiger partial charge in [-0.2, -0.15) is 0 Å². The molecule has 0 bridgehead atoms. The van der Waals surface area contributed by atoms with Gasteiger partial charge in [0.2, 0.25) is 0 Å². The summed E-state index contributed by atoms with van der Waals surface area (Å²) in [6.07, 6.45) is 1.32. The molecule has 5 nitrogen and oxygen atoms in total. The summed E-state index contributed by atoms with van der Waals surface area (Å²) in [5.74, 6) is 0.417. The van der Waals surface area contributed by atoms with Crippen molar-refractivity contribution >= 4 is 11.5 Å². The highest BCUT2D eigenvalue weighted by Crippen LogP contribution is 2.25. The SMILES string of the molecule is CCOc1ccc(Nc2ncnc(C)c2F)cc1CN. The Bertz CT molecular complexity index is 604. The monoisotopic (exact) mass is 276 g/mol. The summed E-state index contributed by atoms with van der Waals surface area (Å²) in [5.41, 5.74) is 7.54. The van der Waals surface area contributed by atoms with Gasteiger partial charge in [-0.15, -0.1) is 0 Å². The first-order valence-electron chi connectivity index (χ1n) is 6.35. The topological polar surface area (TPSA) is 73.1 Å². The smallest absolute Gasteiger partial charge is 0.186 e. The Kier molecular flexibility index (Phi) is 4.47. The highest BCUT2D eigenvalue weighted by molar-refractivity contribution is 5.59. The van der Waals surface area contributed by atoms with E-state index in [1.807, 2.05) is 13.0 Å². The van der Waals surface area contributed by atoms with Crippen molar-refractivity contribution in [3.05, 3.63) is 41.6 Å². The van der Waals surface area contributed by atoms with Gasteiger partial charge in [0, 0.05) is 17.8 Å². The summed E-state index contributed by atoms with van der Waals surface area (Å²) in [6.45, 7) is 4.41. The molecule has 0 atom stereocenters. The van der Waals surface area contributed by atoms with Crippen LogP contribution in [-0.2, 0) is 6.54 Å². The third-order valence-electron chi connectivity index (χ3n) is 2.81. The van der Waals surface area contributed by atoms with Crippen LogP contribution >= 0.6 is 0 Å². The van der Waals surface area contributed by atoms with E-state index >= 15 is 0 Å². The minimum absolute atomic E-state index is 0.143. The maximum Gasteiger partial charge on any atom is 0.186 e. The molecule has 0 saturated heterocycles. The van der Waals surface area contributed by atoms with Crippen molar-refractivity contribution in [1.82, 2.24) is 9.97 Å². The number of aryl methyl sites for hydroxylation is 1. The van der Waals surface area contributed by atoms with E-state index in [-0.39, 0.29) is 5.82 Å². The number of halogens is 1. The van der Waals surface area contributed by atoms with Gasteiger partial charge in [-0.05, 0) is 32.0 Å². The number of anilines is 2. The number of hydrogen-bond acceptors (Lipinski definition) is 5. The molecule has 20 heavy (non-hydrogen) atoms. The van der Waals surface area contributed by atoms with Crippen molar-refractivity contribution in [1.29, 1.82) is 0 Å². The minimum atomic E-state index is -0.462. The number of aromatic nitrogens is 2. The zero-order chi connectivity index (χ0) is 14.5. The molecule has 0 aliphatic heterocycles. The number of nitrogens with one attached hydrogen (secondary N) is 1. The molecule has 1 aromatic carbocycles. The van der Waals surface area contributed by atoms with Crippen LogP contribution in [0.25, 0.3) is 0 Å². The fourth-order valence-corrected chi connectivity index (χ4v) is 1.79. The Morgan fingerprint density at radius 1 is 1.35 bits per heavy atom.